The van der Waals surface area contributed by atoms with E-state index in [0.717, 1.165) is 82.6 Å². The van der Waals surface area contributed by atoms with Gasteiger partial charge < -0.3 is 59.5 Å². The number of hydrogen-bond acceptors (Lipinski definition) is 15. The monoisotopic (exact) mass is 1110 g/mol. The molecule has 4 saturated carbocycles. The number of aromatic nitrogens is 1. The van der Waals surface area contributed by atoms with Crippen LogP contribution in [0.5, 0.6) is 0 Å². The number of ether oxygens (including phenoxy) is 6. The van der Waals surface area contributed by atoms with Crippen molar-refractivity contribution in [3.05, 3.63) is 30.1 Å². The summed E-state index contributed by atoms with van der Waals surface area (Å²) in [5.74, 6) is -2.71. The summed E-state index contributed by atoms with van der Waals surface area (Å²) in [7, 11) is 2.96. The molecule has 1 aliphatic heterocycles. The number of pyridine rings is 1. The molecule has 21 nitrogen and oxygen atoms in total. The minimum absolute atomic E-state index is 0.0113. The number of methoxy groups -OCH3 is 1. The summed E-state index contributed by atoms with van der Waals surface area (Å²) in [5, 5.41) is 12.0. The van der Waals surface area contributed by atoms with E-state index in [4.69, 9.17) is 28.4 Å². The summed E-state index contributed by atoms with van der Waals surface area (Å²) >= 11 is 0. The van der Waals surface area contributed by atoms with Crippen LogP contribution < -0.4 is 21.3 Å². The van der Waals surface area contributed by atoms with Gasteiger partial charge in [0.05, 0.1) is 62.6 Å². The molecule has 4 N–H and O–H groups in total. The molecule has 21 heteroatoms. The number of carbonyl (C=O) groups excluding carboxylic acids is 8. The molecule has 0 aromatic carbocycles. The number of rotatable bonds is 28. The van der Waals surface area contributed by atoms with Crippen LogP contribution in [0.15, 0.2) is 24.5 Å². The van der Waals surface area contributed by atoms with Gasteiger partial charge in [-0.25, -0.2) is 0 Å². The maximum absolute atomic E-state index is 13.7. The molecule has 0 radical (unpaired) electrons. The highest BCUT2D eigenvalue weighted by molar-refractivity contribution is 5.90. The van der Waals surface area contributed by atoms with Crippen LogP contribution >= 0.6 is 0 Å². The lowest BCUT2D eigenvalue weighted by atomic mass is 9.85. The maximum Gasteiger partial charge on any atom is 0.325 e. The zero-order valence-electron chi connectivity index (χ0n) is 47.6. The number of likely N-dealkylation sites (tertiary alicyclic amines) is 1. The second-order valence-electron chi connectivity index (χ2n) is 23.2. The van der Waals surface area contributed by atoms with Crippen molar-refractivity contribution < 1.29 is 66.8 Å². The van der Waals surface area contributed by atoms with Gasteiger partial charge in [-0.05, 0) is 148 Å². The molecule has 2 atom stereocenters. The van der Waals surface area contributed by atoms with Crippen molar-refractivity contribution in [2.45, 2.75) is 204 Å². The van der Waals surface area contributed by atoms with Gasteiger partial charge in [0.25, 0.3) is 0 Å². The Morgan fingerprint density at radius 1 is 0.646 bits per heavy atom. The lowest BCUT2D eigenvalue weighted by Crippen LogP contribution is -2.48. The smallest absolute Gasteiger partial charge is 0.325 e. The van der Waals surface area contributed by atoms with Gasteiger partial charge in [-0.2, -0.15) is 0 Å². The molecule has 1 aromatic heterocycles. The first-order chi connectivity index (χ1) is 37.9. The summed E-state index contributed by atoms with van der Waals surface area (Å²) in [4.78, 5) is 109. The van der Waals surface area contributed by atoms with Crippen molar-refractivity contribution in [1.29, 1.82) is 0 Å². The molecule has 79 heavy (non-hydrogen) atoms. The van der Waals surface area contributed by atoms with Gasteiger partial charge in [0.15, 0.2) is 0 Å². The third-order valence-electron chi connectivity index (χ3n) is 16.0. The minimum atomic E-state index is -0.618. The van der Waals surface area contributed by atoms with E-state index < -0.39 is 23.4 Å². The van der Waals surface area contributed by atoms with Crippen molar-refractivity contribution in [3.8, 4) is 0 Å². The van der Waals surface area contributed by atoms with E-state index in [0.29, 0.717) is 84.3 Å². The summed E-state index contributed by atoms with van der Waals surface area (Å²) in [6.45, 7) is 7.26. The van der Waals surface area contributed by atoms with E-state index in [2.05, 4.69) is 26.3 Å². The van der Waals surface area contributed by atoms with E-state index in [1.165, 1.54) is 12.0 Å². The summed E-state index contributed by atoms with van der Waals surface area (Å²) in [6.07, 6.45) is 17.7. The van der Waals surface area contributed by atoms with Gasteiger partial charge in [-0.15, -0.1) is 0 Å². The van der Waals surface area contributed by atoms with Crippen LogP contribution in [0.25, 0.3) is 0 Å². The Kier molecular flexibility index (Phi) is 25.7. The predicted molar refractivity (Wildman–Crippen MR) is 290 cm³/mol. The standard InChI is InChI=1S/C58H91N7O14/c1-58(2,3)79-57(73)40-14-18-43(19-15-40)63-50(67)11-8-32-75-44-20-24-46(25-21-44)77-33-29-60-51(68)37-65(38-53(70)74-5)56(72)39-12-16-42(17-13-39)62-49(66)10-7-31-76-45-22-26-47(27-23-45)78-34-30-61-55(71)48-35-52(69)64(4)54(48)41-9-6-28-59-36-41/h6,9,28,36,39-40,42-48,54H,7-8,10-27,29-35,37-38H2,1-5H3,(H,60,68)(H,61,71)(H,62,66)(H,63,67)/t39?,40?,42?,43?,44?,45?,46?,47?,48-,54+/m0/s1. The van der Waals surface area contributed by atoms with Crippen LogP contribution in [0.1, 0.15) is 167 Å². The third kappa shape index (κ3) is 21.6. The Hall–Kier alpha value is -5.25. The summed E-state index contributed by atoms with van der Waals surface area (Å²) < 4.78 is 34.7. The largest absolute Gasteiger partial charge is 0.468 e. The normalized spacial score (nSPS) is 26.3. The molecule has 0 unspecified atom stereocenters. The van der Waals surface area contributed by atoms with Gasteiger partial charge in [-0.3, -0.25) is 43.3 Å². The zero-order chi connectivity index (χ0) is 56.7. The fourth-order valence-electron chi connectivity index (χ4n) is 11.6. The number of carbonyl (C=O) groups is 8. The lowest BCUT2D eigenvalue weighted by molar-refractivity contribution is -0.161. The second-order valence-corrected chi connectivity index (χ2v) is 23.2. The van der Waals surface area contributed by atoms with E-state index in [1.54, 1.807) is 30.4 Å². The molecule has 0 spiro atoms. The quantitative estimate of drug-likeness (QED) is 0.0651. The number of amides is 6. The molecule has 1 aromatic rings. The molecular formula is C58H91N7O14. The van der Waals surface area contributed by atoms with Gasteiger partial charge in [-0.1, -0.05) is 6.07 Å². The molecule has 5 aliphatic rings. The third-order valence-corrected chi connectivity index (χ3v) is 16.0. The van der Waals surface area contributed by atoms with Crippen molar-refractivity contribution in [2.24, 2.45) is 17.8 Å². The van der Waals surface area contributed by atoms with Crippen LogP contribution in [-0.4, -0.2) is 171 Å². The molecule has 6 rings (SSSR count). The highest BCUT2D eigenvalue weighted by Gasteiger charge is 2.43. The van der Waals surface area contributed by atoms with E-state index in [-0.39, 0.29) is 116 Å². The predicted octanol–water partition coefficient (Wildman–Crippen LogP) is 4.78. The van der Waals surface area contributed by atoms with Crippen molar-refractivity contribution >= 4 is 47.4 Å². The summed E-state index contributed by atoms with van der Waals surface area (Å²) in [5.41, 5.74) is 0.340. The van der Waals surface area contributed by atoms with Crippen LogP contribution in [0.2, 0.25) is 0 Å². The molecule has 2 heterocycles. The van der Waals surface area contributed by atoms with Gasteiger partial charge in [0.1, 0.15) is 18.7 Å². The number of nitrogens with zero attached hydrogens (tertiary/aromatic N) is 3. The van der Waals surface area contributed by atoms with Gasteiger partial charge in [0, 0.05) is 83.0 Å². The van der Waals surface area contributed by atoms with Crippen LogP contribution in [-0.2, 0) is 66.8 Å². The Labute approximate surface area is 467 Å². The average molecular weight is 1110 g/mol. The fourth-order valence-corrected chi connectivity index (χ4v) is 11.6. The Balaban J connectivity index is 0.752. The first kappa shape index (κ1) is 62.9. The topological polar surface area (TPSA) is 259 Å². The van der Waals surface area contributed by atoms with Crippen LogP contribution in [0.3, 0.4) is 0 Å². The minimum Gasteiger partial charge on any atom is -0.468 e. The van der Waals surface area contributed by atoms with Crippen LogP contribution in [0.4, 0.5) is 0 Å². The molecule has 442 valence electrons. The highest BCUT2D eigenvalue weighted by atomic mass is 16.6. The van der Waals surface area contributed by atoms with Crippen molar-refractivity contribution in [2.75, 3.05) is 66.8 Å². The summed E-state index contributed by atoms with van der Waals surface area (Å²) in [6, 6.07) is 3.36. The fraction of sp³-hybridized carbons (Fsp3) is 0.776. The van der Waals surface area contributed by atoms with Crippen molar-refractivity contribution in [1.82, 2.24) is 36.1 Å². The molecular weight excluding hydrogens is 1020 g/mol. The lowest BCUT2D eigenvalue weighted by Gasteiger charge is -2.32. The van der Waals surface area contributed by atoms with Crippen molar-refractivity contribution in [3.63, 3.8) is 0 Å². The SMILES string of the molecule is COC(=O)CN(CC(=O)NCCOC1CCC(OCCCC(=O)NC2CCC(C(=O)OC(C)(C)C)CC2)CC1)C(=O)C1CCC(NC(=O)CCCOC2CCC(OCCNC(=O)[C@H]3CC(=O)N(C)[C@@H]3c3cccnc3)CC2)CC1. The molecule has 0 bridgehead atoms. The van der Waals surface area contributed by atoms with E-state index >= 15 is 0 Å². The zero-order valence-corrected chi connectivity index (χ0v) is 47.6. The molecule has 1 saturated heterocycles. The first-order valence-corrected chi connectivity index (χ1v) is 29.3. The van der Waals surface area contributed by atoms with Crippen LogP contribution in [0, 0.1) is 17.8 Å². The Morgan fingerprint density at radius 2 is 1.14 bits per heavy atom. The average Bonchev–Trinajstić information content (AvgIpc) is 3.74. The highest BCUT2D eigenvalue weighted by Crippen LogP contribution is 2.37. The molecule has 6 amide bonds. The molecule has 4 aliphatic carbocycles. The van der Waals surface area contributed by atoms with E-state index in [9.17, 15) is 38.4 Å². The molecule has 5 fully saturated rings. The van der Waals surface area contributed by atoms with Gasteiger partial charge in [0.2, 0.25) is 35.4 Å². The number of hydrogen-bond donors (Lipinski definition) is 4. The maximum atomic E-state index is 13.7. The number of esters is 2. The van der Waals surface area contributed by atoms with E-state index in [1.807, 2.05) is 26.8 Å². The number of nitrogens with one attached hydrogen (secondary N) is 4. The second kappa shape index (κ2) is 32.3. The first-order valence-electron chi connectivity index (χ1n) is 29.3. The Morgan fingerprint density at radius 3 is 1.62 bits per heavy atom. The van der Waals surface area contributed by atoms with Gasteiger partial charge >= 0.3 is 11.9 Å². The Bertz CT molecular complexity index is 2110.